The molecule has 0 aliphatic carbocycles. The molecule has 0 saturated carbocycles. The van der Waals surface area contributed by atoms with Gasteiger partial charge in [-0.3, -0.25) is 24.5 Å². The second-order valence-electron chi connectivity index (χ2n) is 6.06. The average Bonchev–Trinajstić information content (AvgIpc) is 2.72. The number of anilines is 1. The van der Waals surface area contributed by atoms with Gasteiger partial charge in [0.25, 0.3) is 17.5 Å². The number of alkyl halides is 3. The van der Waals surface area contributed by atoms with Crippen LogP contribution >= 0.6 is 0 Å². The number of nitrogens with zero attached hydrogens (tertiary/aromatic N) is 1. The minimum absolute atomic E-state index is 0.140. The molecule has 0 radical (unpaired) electrons. The van der Waals surface area contributed by atoms with Gasteiger partial charge < -0.3 is 15.4 Å². The topological polar surface area (TPSA) is 128 Å². The highest BCUT2D eigenvalue weighted by molar-refractivity contribution is 5.95. The monoisotopic (exact) mass is 439 g/mol. The molecule has 0 unspecified atom stereocenters. The molecule has 9 nitrogen and oxygen atoms in total. The number of nitrogens with one attached hydrogen (secondary N) is 2. The first-order valence-electron chi connectivity index (χ1n) is 8.72. The van der Waals surface area contributed by atoms with E-state index >= 15 is 0 Å². The molecular formula is C19H16F3N3O6. The van der Waals surface area contributed by atoms with Crippen molar-refractivity contribution >= 4 is 29.2 Å². The van der Waals surface area contributed by atoms with Crippen molar-refractivity contribution in [2.45, 2.75) is 12.6 Å². The molecule has 0 aromatic heterocycles. The average molecular weight is 439 g/mol. The molecule has 31 heavy (non-hydrogen) atoms. The van der Waals surface area contributed by atoms with Crippen LogP contribution in [0.1, 0.15) is 22.3 Å². The largest absolute Gasteiger partial charge is 0.456 e. The number of hydrogen-bond acceptors (Lipinski definition) is 6. The maximum atomic E-state index is 12.9. The van der Waals surface area contributed by atoms with Gasteiger partial charge >= 0.3 is 12.1 Å². The Morgan fingerprint density at radius 3 is 2.29 bits per heavy atom. The number of nitro benzene ring substituents is 1. The minimum atomic E-state index is -4.66. The van der Waals surface area contributed by atoms with Crippen molar-refractivity contribution in [3.05, 3.63) is 69.8 Å². The van der Waals surface area contributed by atoms with Gasteiger partial charge in [-0.25, -0.2) is 0 Å². The van der Waals surface area contributed by atoms with E-state index in [1.165, 1.54) is 24.3 Å². The maximum absolute atomic E-state index is 12.9. The molecule has 2 amide bonds. The molecule has 0 spiro atoms. The van der Waals surface area contributed by atoms with Gasteiger partial charge in [-0.05, 0) is 24.3 Å². The molecular weight excluding hydrogens is 423 g/mol. The molecule has 2 N–H and O–H groups in total. The van der Waals surface area contributed by atoms with Gasteiger partial charge in [-0.1, -0.05) is 12.1 Å². The van der Waals surface area contributed by atoms with E-state index in [4.69, 9.17) is 0 Å². The van der Waals surface area contributed by atoms with E-state index in [2.05, 4.69) is 10.1 Å². The second-order valence-corrected chi connectivity index (χ2v) is 6.06. The number of hydrogen-bond donors (Lipinski definition) is 2. The van der Waals surface area contributed by atoms with Gasteiger partial charge in [-0.2, -0.15) is 13.2 Å². The first-order valence-corrected chi connectivity index (χ1v) is 8.72. The lowest BCUT2D eigenvalue weighted by Crippen LogP contribution is -2.28. The van der Waals surface area contributed by atoms with Crippen molar-refractivity contribution in [1.82, 2.24) is 5.32 Å². The van der Waals surface area contributed by atoms with E-state index in [0.717, 1.165) is 24.3 Å². The van der Waals surface area contributed by atoms with Crippen LogP contribution in [0.25, 0.3) is 0 Å². The lowest BCUT2D eigenvalue weighted by molar-refractivity contribution is -0.384. The third kappa shape index (κ3) is 7.10. The zero-order chi connectivity index (χ0) is 23.0. The standard InChI is InChI=1S/C19H16F3N3O6/c20-19(21,22)14-3-1-2-4-15(14)24-16(26)11-31-17(27)9-10-23-18(28)12-5-7-13(8-6-12)25(29)30/h1-8H,9-11H2,(H,23,28)(H,24,26). The van der Waals surface area contributed by atoms with Gasteiger partial charge in [0.1, 0.15) is 0 Å². The summed E-state index contributed by atoms with van der Waals surface area (Å²) in [7, 11) is 0. The van der Waals surface area contributed by atoms with Gasteiger partial charge in [0.05, 0.1) is 22.6 Å². The highest BCUT2D eigenvalue weighted by atomic mass is 19.4. The van der Waals surface area contributed by atoms with Crippen LogP contribution in [0.5, 0.6) is 0 Å². The number of carbonyl (C=O) groups excluding carboxylic acids is 3. The van der Waals surface area contributed by atoms with Crippen molar-refractivity contribution in [3.63, 3.8) is 0 Å². The molecule has 2 rings (SSSR count). The molecule has 0 bridgehead atoms. The van der Waals surface area contributed by atoms with Gasteiger partial charge in [0.15, 0.2) is 6.61 Å². The summed E-state index contributed by atoms with van der Waals surface area (Å²) in [6.07, 6.45) is -4.96. The molecule has 0 aliphatic rings. The van der Waals surface area contributed by atoms with E-state index in [1.807, 2.05) is 5.32 Å². The molecule has 12 heteroatoms. The fourth-order valence-corrected chi connectivity index (χ4v) is 2.36. The number of rotatable bonds is 8. The highest BCUT2D eigenvalue weighted by Gasteiger charge is 2.33. The summed E-state index contributed by atoms with van der Waals surface area (Å²) < 4.78 is 43.4. The van der Waals surface area contributed by atoms with E-state index < -0.39 is 46.7 Å². The van der Waals surface area contributed by atoms with Crippen molar-refractivity contribution < 1.29 is 37.2 Å². The van der Waals surface area contributed by atoms with Gasteiger partial charge in [-0.15, -0.1) is 0 Å². The molecule has 2 aromatic carbocycles. The summed E-state index contributed by atoms with van der Waals surface area (Å²) in [4.78, 5) is 45.3. The zero-order valence-corrected chi connectivity index (χ0v) is 15.8. The molecule has 2 aromatic rings. The number of halogens is 3. The number of nitro groups is 1. The number of ether oxygens (including phenoxy) is 1. The molecule has 0 atom stereocenters. The van der Waals surface area contributed by atoms with Crippen LogP contribution in [-0.4, -0.2) is 35.9 Å². The van der Waals surface area contributed by atoms with Crippen LogP contribution in [0, 0.1) is 10.1 Å². The summed E-state index contributed by atoms with van der Waals surface area (Å²) >= 11 is 0. The first kappa shape index (κ1) is 23.3. The predicted octanol–water partition coefficient (Wildman–Crippen LogP) is 2.92. The van der Waals surface area contributed by atoms with Crippen LogP contribution in [0.4, 0.5) is 24.5 Å². The van der Waals surface area contributed by atoms with Crippen LogP contribution in [0.3, 0.4) is 0 Å². The molecule has 0 aliphatic heterocycles. The van der Waals surface area contributed by atoms with Crippen LogP contribution in [-0.2, 0) is 20.5 Å². The summed E-state index contributed by atoms with van der Waals surface area (Å²) in [6, 6.07) is 9.14. The summed E-state index contributed by atoms with van der Waals surface area (Å²) in [5.74, 6) is -2.40. The number of amides is 2. The quantitative estimate of drug-likeness (QED) is 0.370. The lowest BCUT2D eigenvalue weighted by atomic mass is 10.1. The van der Waals surface area contributed by atoms with Crippen LogP contribution in [0.2, 0.25) is 0 Å². The third-order valence-electron chi connectivity index (χ3n) is 3.83. The van der Waals surface area contributed by atoms with E-state index in [9.17, 15) is 37.7 Å². The van der Waals surface area contributed by atoms with Crippen molar-refractivity contribution in [1.29, 1.82) is 0 Å². The number of esters is 1. The van der Waals surface area contributed by atoms with Gasteiger partial charge in [0, 0.05) is 24.2 Å². The Balaban J connectivity index is 1.75. The van der Waals surface area contributed by atoms with Crippen LogP contribution in [0.15, 0.2) is 48.5 Å². The highest BCUT2D eigenvalue weighted by Crippen LogP contribution is 2.34. The molecule has 0 saturated heterocycles. The number of carbonyl (C=O) groups is 3. The summed E-state index contributed by atoms with van der Waals surface area (Å²) in [5.41, 5.74) is -1.55. The molecule has 164 valence electrons. The van der Waals surface area contributed by atoms with Crippen LogP contribution < -0.4 is 10.6 Å². The fourth-order valence-electron chi connectivity index (χ4n) is 2.36. The summed E-state index contributed by atoms with van der Waals surface area (Å²) in [6.45, 7) is -0.950. The Bertz CT molecular complexity index is 977. The Hall–Kier alpha value is -3.96. The van der Waals surface area contributed by atoms with E-state index in [-0.39, 0.29) is 24.2 Å². The van der Waals surface area contributed by atoms with E-state index in [0.29, 0.717) is 0 Å². The Morgan fingerprint density at radius 1 is 1.03 bits per heavy atom. The Kier molecular flexibility index (Phi) is 7.66. The number of benzene rings is 2. The predicted molar refractivity (Wildman–Crippen MR) is 101 cm³/mol. The first-order chi connectivity index (χ1) is 14.6. The normalized spacial score (nSPS) is 10.8. The lowest BCUT2D eigenvalue weighted by Gasteiger charge is -2.13. The van der Waals surface area contributed by atoms with Crippen molar-refractivity contribution in [2.75, 3.05) is 18.5 Å². The SMILES string of the molecule is O=C(COC(=O)CCNC(=O)c1ccc([N+](=O)[O-])cc1)Nc1ccccc1C(F)(F)F. The Morgan fingerprint density at radius 2 is 1.68 bits per heavy atom. The number of para-hydroxylation sites is 1. The van der Waals surface area contributed by atoms with Crippen molar-refractivity contribution in [2.24, 2.45) is 0 Å². The van der Waals surface area contributed by atoms with Crippen molar-refractivity contribution in [3.8, 4) is 0 Å². The second kappa shape index (κ2) is 10.2. The third-order valence-corrected chi connectivity index (χ3v) is 3.83. The van der Waals surface area contributed by atoms with E-state index in [1.54, 1.807) is 0 Å². The minimum Gasteiger partial charge on any atom is -0.456 e. The summed E-state index contributed by atoms with van der Waals surface area (Å²) in [5, 5.41) is 15.0. The molecule has 0 heterocycles. The fraction of sp³-hybridized carbons (Fsp3) is 0.211. The smallest absolute Gasteiger partial charge is 0.418 e. The zero-order valence-electron chi connectivity index (χ0n) is 15.8. The van der Waals surface area contributed by atoms with Gasteiger partial charge in [0.2, 0.25) is 0 Å². The maximum Gasteiger partial charge on any atom is 0.418 e. The number of non-ortho nitro benzene ring substituents is 1. The molecule has 0 fully saturated rings. The Labute approximate surface area is 173 Å².